The molecule has 0 saturated carbocycles. The number of anilines is 1. The first-order chi connectivity index (χ1) is 8.28. The van der Waals surface area contributed by atoms with Gasteiger partial charge in [-0.2, -0.15) is 0 Å². The van der Waals surface area contributed by atoms with Crippen LogP contribution in [0.2, 0.25) is 0 Å². The van der Waals surface area contributed by atoms with Crippen LogP contribution in [0.5, 0.6) is 0 Å². The molecule has 2 rings (SSSR count). The summed E-state index contributed by atoms with van der Waals surface area (Å²) in [7, 11) is 4.08. The van der Waals surface area contributed by atoms with Crippen molar-refractivity contribution >= 4 is 5.69 Å². The van der Waals surface area contributed by atoms with E-state index in [-0.39, 0.29) is 0 Å². The smallest absolute Gasteiger partial charge is 0.0340 e. The second-order valence-corrected chi connectivity index (χ2v) is 4.34. The van der Waals surface area contributed by atoms with Crippen LogP contribution in [0.15, 0.2) is 42.7 Å². The van der Waals surface area contributed by atoms with Crippen LogP contribution in [-0.4, -0.2) is 24.0 Å². The van der Waals surface area contributed by atoms with E-state index in [0.29, 0.717) is 0 Å². The molecule has 0 fully saturated rings. The zero-order valence-electron chi connectivity index (χ0n) is 10.4. The summed E-state index contributed by atoms with van der Waals surface area (Å²) in [4.78, 5) is 5.38. The third kappa shape index (κ3) is 3.36. The molecule has 1 heterocycles. The van der Waals surface area contributed by atoms with Crippen molar-refractivity contribution in [3.63, 3.8) is 0 Å². The predicted molar refractivity (Wildman–Crippen MR) is 72.0 cm³/mol. The fraction of sp³-hybridized carbons (Fsp3) is 0.286. The monoisotopic (exact) mass is 229 g/mol. The number of aromatic amines is 1. The Morgan fingerprint density at radius 3 is 2.71 bits per heavy atom. The number of aromatic nitrogens is 1. The second-order valence-electron chi connectivity index (χ2n) is 4.34. The van der Waals surface area contributed by atoms with E-state index in [0.717, 1.165) is 18.8 Å². The van der Waals surface area contributed by atoms with Gasteiger partial charge in [-0.3, -0.25) is 4.90 Å². The lowest BCUT2D eigenvalue weighted by Gasteiger charge is -2.16. The van der Waals surface area contributed by atoms with E-state index in [1.807, 2.05) is 19.4 Å². The SMILES string of the molecule is CNc1cccc(CN(C)Cc2cc[nH]c2)c1. The lowest BCUT2D eigenvalue weighted by Crippen LogP contribution is -2.16. The van der Waals surface area contributed by atoms with Crippen molar-refractivity contribution < 1.29 is 0 Å². The maximum Gasteiger partial charge on any atom is 0.0340 e. The summed E-state index contributed by atoms with van der Waals surface area (Å²) >= 11 is 0. The zero-order valence-corrected chi connectivity index (χ0v) is 10.4. The number of benzene rings is 1. The summed E-state index contributed by atoms with van der Waals surface area (Å²) in [5.41, 5.74) is 3.81. The minimum Gasteiger partial charge on any atom is -0.388 e. The molecule has 3 nitrogen and oxygen atoms in total. The molecular formula is C14H19N3. The quantitative estimate of drug-likeness (QED) is 0.826. The number of H-pyrrole nitrogens is 1. The summed E-state index contributed by atoms with van der Waals surface area (Å²) in [6, 6.07) is 10.6. The predicted octanol–water partition coefficient (Wildman–Crippen LogP) is 2.69. The molecular weight excluding hydrogens is 210 g/mol. The summed E-state index contributed by atoms with van der Waals surface area (Å²) in [6.45, 7) is 1.92. The molecule has 90 valence electrons. The van der Waals surface area contributed by atoms with Crippen LogP contribution in [0.1, 0.15) is 11.1 Å². The number of nitrogens with zero attached hydrogens (tertiary/aromatic N) is 1. The van der Waals surface area contributed by atoms with Gasteiger partial charge in [0.15, 0.2) is 0 Å². The van der Waals surface area contributed by atoms with Crippen LogP contribution >= 0.6 is 0 Å². The molecule has 0 saturated heterocycles. The van der Waals surface area contributed by atoms with E-state index in [2.05, 4.69) is 52.6 Å². The van der Waals surface area contributed by atoms with Gasteiger partial charge in [0, 0.05) is 38.2 Å². The lowest BCUT2D eigenvalue weighted by molar-refractivity contribution is 0.319. The first-order valence-corrected chi connectivity index (χ1v) is 5.85. The first kappa shape index (κ1) is 11.7. The average Bonchev–Trinajstić information content (AvgIpc) is 2.82. The number of hydrogen-bond acceptors (Lipinski definition) is 2. The van der Waals surface area contributed by atoms with Crippen LogP contribution in [0.25, 0.3) is 0 Å². The average molecular weight is 229 g/mol. The van der Waals surface area contributed by atoms with Crippen LogP contribution in [0, 0.1) is 0 Å². The van der Waals surface area contributed by atoms with Gasteiger partial charge in [-0.15, -0.1) is 0 Å². The van der Waals surface area contributed by atoms with Crippen LogP contribution in [0.4, 0.5) is 5.69 Å². The molecule has 0 aliphatic heterocycles. The van der Waals surface area contributed by atoms with E-state index in [4.69, 9.17) is 0 Å². The summed E-state index contributed by atoms with van der Waals surface area (Å²) in [6.07, 6.45) is 4.01. The zero-order chi connectivity index (χ0) is 12.1. The van der Waals surface area contributed by atoms with Gasteiger partial charge in [-0.25, -0.2) is 0 Å². The highest BCUT2D eigenvalue weighted by Crippen LogP contribution is 2.12. The van der Waals surface area contributed by atoms with Crippen molar-refractivity contribution in [2.75, 3.05) is 19.4 Å². The van der Waals surface area contributed by atoms with Crippen molar-refractivity contribution in [1.29, 1.82) is 0 Å². The van der Waals surface area contributed by atoms with E-state index in [1.165, 1.54) is 11.1 Å². The molecule has 3 heteroatoms. The summed E-state index contributed by atoms with van der Waals surface area (Å²) in [5, 5.41) is 3.16. The normalized spacial score (nSPS) is 10.8. The fourth-order valence-electron chi connectivity index (χ4n) is 1.96. The van der Waals surface area contributed by atoms with E-state index in [9.17, 15) is 0 Å². The van der Waals surface area contributed by atoms with Gasteiger partial charge in [0.05, 0.1) is 0 Å². The van der Waals surface area contributed by atoms with Gasteiger partial charge < -0.3 is 10.3 Å². The maximum absolute atomic E-state index is 3.16. The number of rotatable bonds is 5. The molecule has 0 bridgehead atoms. The molecule has 0 aliphatic rings. The van der Waals surface area contributed by atoms with Gasteiger partial charge in [-0.05, 0) is 36.4 Å². The lowest BCUT2D eigenvalue weighted by atomic mass is 10.2. The third-order valence-corrected chi connectivity index (χ3v) is 2.78. The third-order valence-electron chi connectivity index (χ3n) is 2.78. The van der Waals surface area contributed by atoms with Crippen molar-refractivity contribution in [3.05, 3.63) is 53.9 Å². The van der Waals surface area contributed by atoms with Gasteiger partial charge in [0.25, 0.3) is 0 Å². The van der Waals surface area contributed by atoms with E-state index < -0.39 is 0 Å². The minimum atomic E-state index is 0.959. The standard InChI is InChI=1S/C14H19N3/c1-15-14-5-3-4-12(8-14)10-17(2)11-13-6-7-16-9-13/h3-9,15-16H,10-11H2,1-2H3. The van der Waals surface area contributed by atoms with Crippen molar-refractivity contribution in [1.82, 2.24) is 9.88 Å². The van der Waals surface area contributed by atoms with E-state index >= 15 is 0 Å². The maximum atomic E-state index is 3.16. The molecule has 0 unspecified atom stereocenters. The Kier molecular flexibility index (Phi) is 3.83. The molecule has 0 amide bonds. The highest BCUT2D eigenvalue weighted by molar-refractivity contribution is 5.44. The van der Waals surface area contributed by atoms with E-state index in [1.54, 1.807) is 0 Å². The Morgan fingerprint density at radius 2 is 2.00 bits per heavy atom. The van der Waals surface area contributed by atoms with Crippen molar-refractivity contribution in [2.24, 2.45) is 0 Å². The molecule has 2 aromatic rings. The van der Waals surface area contributed by atoms with Crippen LogP contribution < -0.4 is 5.32 Å². The Bertz CT molecular complexity index is 448. The molecule has 1 aromatic heterocycles. The van der Waals surface area contributed by atoms with Gasteiger partial charge in [0.2, 0.25) is 0 Å². The highest BCUT2D eigenvalue weighted by atomic mass is 15.1. The Hall–Kier alpha value is -1.74. The Morgan fingerprint density at radius 1 is 1.18 bits per heavy atom. The highest BCUT2D eigenvalue weighted by Gasteiger charge is 2.02. The molecule has 0 aliphatic carbocycles. The number of nitrogens with one attached hydrogen (secondary N) is 2. The molecule has 0 atom stereocenters. The van der Waals surface area contributed by atoms with Crippen LogP contribution in [0.3, 0.4) is 0 Å². The Balaban J connectivity index is 1.95. The largest absolute Gasteiger partial charge is 0.388 e. The second kappa shape index (κ2) is 5.55. The van der Waals surface area contributed by atoms with Crippen molar-refractivity contribution in [3.8, 4) is 0 Å². The van der Waals surface area contributed by atoms with Gasteiger partial charge in [0.1, 0.15) is 0 Å². The summed E-state index contributed by atoms with van der Waals surface area (Å²) < 4.78 is 0. The van der Waals surface area contributed by atoms with Gasteiger partial charge in [-0.1, -0.05) is 12.1 Å². The number of hydrogen-bond donors (Lipinski definition) is 2. The molecule has 0 radical (unpaired) electrons. The van der Waals surface area contributed by atoms with Crippen molar-refractivity contribution in [2.45, 2.75) is 13.1 Å². The topological polar surface area (TPSA) is 31.1 Å². The molecule has 2 N–H and O–H groups in total. The minimum absolute atomic E-state index is 0.959. The van der Waals surface area contributed by atoms with Gasteiger partial charge >= 0.3 is 0 Å². The first-order valence-electron chi connectivity index (χ1n) is 5.85. The molecule has 1 aromatic carbocycles. The Labute approximate surface area is 102 Å². The fourth-order valence-corrected chi connectivity index (χ4v) is 1.96. The molecule has 0 spiro atoms. The van der Waals surface area contributed by atoms with Crippen LogP contribution in [-0.2, 0) is 13.1 Å². The summed E-state index contributed by atoms with van der Waals surface area (Å²) in [5.74, 6) is 0. The molecule has 17 heavy (non-hydrogen) atoms.